The third-order valence-electron chi connectivity index (χ3n) is 3.48. The summed E-state index contributed by atoms with van der Waals surface area (Å²) in [6.45, 7) is 4.56. The summed E-state index contributed by atoms with van der Waals surface area (Å²) in [6, 6.07) is 6.62. The van der Waals surface area contributed by atoms with Crippen molar-refractivity contribution in [1.82, 2.24) is 4.98 Å². The Bertz CT molecular complexity index is 461. The topological polar surface area (TPSA) is 12.9 Å². The first-order chi connectivity index (χ1) is 8.36. The van der Waals surface area contributed by atoms with E-state index in [1.54, 1.807) is 11.3 Å². The van der Waals surface area contributed by atoms with E-state index in [1.807, 2.05) is 5.51 Å². The van der Waals surface area contributed by atoms with E-state index in [9.17, 15) is 0 Å². The number of fused-ring (bicyclic) bond motifs is 1. The molecule has 0 saturated heterocycles. The van der Waals surface area contributed by atoms with Crippen LogP contribution in [0.1, 0.15) is 57.4 Å². The molecule has 1 unspecified atom stereocenters. The SMILES string of the molecule is CCCCCC(CC)c1cccc2scnc12. The van der Waals surface area contributed by atoms with Crippen LogP contribution in [-0.2, 0) is 0 Å². The Hall–Kier alpha value is -0.890. The molecule has 1 aromatic carbocycles. The van der Waals surface area contributed by atoms with Gasteiger partial charge in [0, 0.05) is 0 Å². The molecule has 17 heavy (non-hydrogen) atoms. The van der Waals surface area contributed by atoms with Crippen molar-refractivity contribution < 1.29 is 0 Å². The third kappa shape index (κ3) is 2.86. The number of rotatable bonds is 6. The first-order valence-corrected chi connectivity index (χ1v) is 7.56. The summed E-state index contributed by atoms with van der Waals surface area (Å²) in [7, 11) is 0. The Morgan fingerprint density at radius 1 is 1.24 bits per heavy atom. The number of benzene rings is 1. The summed E-state index contributed by atoms with van der Waals surface area (Å²) >= 11 is 1.75. The zero-order chi connectivity index (χ0) is 12.1. The van der Waals surface area contributed by atoms with E-state index in [0.717, 1.165) is 0 Å². The highest BCUT2D eigenvalue weighted by Crippen LogP contribution is 2.32. The normalized spacial score (nSPS) is 13.1. The molecule has 0 aliphatic carbocycles. The molecule has 2 heteroatoms. The van der Waals surface area contributed by atoms with E-state index >= 15 is 0 Å². The van der Waals surface area contributed by atoms with Crippen molar-refractivity contribution in [3.8, 4) is 0 Å². The minimum Gasteiger partial charge on any atom is -0.244 e. The van der Waals surface area contributed by atoms with Crippen LogP contribution in [0.2, 0.25) is 0 Å². The average Bonchev–Trinajstić information content (AvgIpc) is 2.83. The summed E-state index contributed by atoms with van der Waals surface area (Å²) in [4.78, 5) is 4.53. The summed E-state index contributed by atoms with van der Waals surface area (Å²) in [5.41, 5.74) is 4.66. The number of aromatic nitrogens is 1. The molecule has 0 fully saturated rings. The van der Waals surface area contributed by atoms with Gasteiger partial charge < -0.3 is 0 Å². The van der Waals surface area contributed by atoms with E-state index < -0.39 is 0 Å². The molecule has 0 saturated carbocycles. The molecule has 1 heterocycles. The second-order valence-electron chi connectivity index (χ2n) is 4.65. The van der Waals surface area contributed by atoms with Crippen LogP contribution in [0.25, 0.3) is 10.2 Å². The highest BCUT2D eigenvalue weighted by molar-refractivity contribution is 7.16. The molecular weight excluding hydrogens is 226 g/mol. The number of para-hydroxylation sites is 1. The van der Waals surface area contributed by atoms with Crippen LogP contribution in [0.3, 0.4) is 0 Å². The summed E-state index contributed by atoms with van der Waals surface area (Å²) in [6.07, 6.45) is 6.53. The summed E-state index contributed by atoms with van der Waals surface area (Å²) in [5.74, 6) is 0.687. The van der Waals surface area contributed by atoms with Crippen LogP contribution in [0.5, 0.6) is 0 Å². The number of unbranched alkanes of at least 4 members (excludes halogenated alkanes) is 2. The Kier molecular flexibility index (Phi) is 4.55. The zero-order valence-electron chi connectivity index (χ0n) is 10.8. The quantitative estimate of drug-likeness (QED) is 0.625. The second-order valence-corrected chi connectivity index (χ2v) is 5.53. The van der Waals surface area contributed by atoms with Crippen LogP contribution < -0.4 is 0 Å². The lowest BCUT2D eigenvalue weighted by Gasteiger charge is -2.15. The molecule has 1 atom stereocenters. The molecule has 0 aliphatic rings. The highest BCUT2D eigenvalue weighted by atomic mass is 32.1. The molecule has 0 radical (unpaired) electrons. The molecule has 0 spiro atoms. The van der Waals surface area contributed by atoms with E-state index in [1.165, 1.54) is 47.9 Å². The van der Waals surface area contributed by atoms with Gasteiger partial charge in [-0.05, 0) is 30.4 Å². The predicted molar refractivity (Wildman–Crippen MR) is 76.8 cm³/mol. The minimum atomic E-state index is 0.687. The summed E-state index contributed by atoms with van der Waals surface area (Å²) in [5, 5.41) is 0. The van der Waals surface area contributed by atoms with E-state index in [2.05, 4.69) is 37.0 Å². The van der Waals surface area contributed by atoms with Crippen molar-refractivity contribution in [2.24, 2.45) is 0 Å². The minimum absolute atomic E-state index is 0.687. The molecule has 1 nitrogen and oxygen atoms in total. The first-order valence-electron chi connectivity index (χ1n) is 6.69. The average molecular weight is 247 g/mol. The fourth-order valence-corrected chi connectivity index (χ4v) is 3.17. The number of hydrogen-bond acceptors (Lipinski definition) is 2. The molecule has 2 rings (SSSR count). The van der Waals surface area contributed by atoms with E-state index in [0.29, 0.717) is 5.92 Å². The van der Waals surface area contributed by atoms with Crippen molar-refractivity contribution >= 4 is 21.6 Å². The lowest BCUT2D eigenvalue weighted by molar-refractivity contribution is 0.555. The van der Waals surface area contributed by atoms with Gasteiger partial charge in [0.25, 0.3) is 0 Å². The smallest absolute Gasteiger partial charge is 0.0846 e. The van der Waals surface area contributed by atoms with Gasteiger partial charge in [0.2, 0.25) is 0 Å². The molecule has 1 aromatic heterocycles. The molecule has 0 amide bonds. The van der Waals surface area contributed by atoms with Gasteiger partial charge in [-0.15, -0.1) is 11.3 Å². The number of thiazole rings is 1. The van der Waals surface area contributed by atoms with Crippen molar-refractivity contribution in [2.45, 2.75) is 51.9 Å². The number of nitrogens with zero attached hydrogens (tertiary/aromatic N) is 1. The lowest BCUT2D eigenvalue weighted by Crippen LogP contribution is -1.98. The molecule has 0 N–H and O–H groups in total. The Morgan fingerprint density at radius 2 is 2.12 bits per heavy atom. The lowest BCUT2D eigenvalue weighted by atomic mass is 9.90. The highest BCUT2D eigenvalue weighted by Gasteiger charge is 2.13. The predicted octanol–water partition coefficient (Wildman–Crippen LogP) is 5.37. The standard InChI is InChI=1S/C15H21NS/c1-3-5-6-8-12(4-2)13-9-7-10-14-15(13)16-11-17-14/h7,9-12H,3-6,8H2,1-2H3. The largest absolute Gasteiger partial charge is 0.244 e. The molecule has 0 aliphatic heterocycles. The fraction of sp³-hybridized carbons (Fsp3) is 0.533. The van der Waals surface area contributed by atoms with Crippen LogP contribution >= 0.6 is 11.3 Å². The summed E-state index contributed by atoms with van der Waals surface area (Å²) < 4.78 is 1.33. The Labute approximate surface area is 108 Å². The van der Waals surface area contributed by atoms with Gasteiger partial charge in [-0.25, -0.2) is 4.98 Å². The van der Waals surface area contributed by atoms with Crippen molar-refractivity contribution in [2.75, 3.05) is 0 Å². The van der Waals surface area contributed by atoms with Crippen LogP contribution in [0, 0.1) is 0 Å². The second kappa shape index (κ2) is 6.15. The van der Waals surface area contributed by atoms with Gasteiger partial charge in [0.1, 0.15) is 0 Å². The van der Waals surface area contributed by atoms with Crippen molar-refractivity contribution in [3.05, 3.63) is 29.3 Å². The Morgan fingerprint density at radius 3 is 2.88 bits per heavy atom. The van der Waals surface area contributed by atoms with Gasteiger partial charge in [-0.2, -0.15) is 0 Å². The van der Waals surface area contributed by atoms with Crippen molar-refractivity contribution in [3.63, 3.8) is 0 Å². The Balaban J connectivity index is 2.20. The number of hydrogen-bond donors (Lipinski definition) is 0. The molecule has 2 aromatic rings. The van der Waals surface area contributed by atoms with Gasteiger partial charge in [0.15, 0.2) is 0 Å². The molecular formula is C15H21NS. The van der Waals surface area contributed by atoms with Gasteiger partial charge in [-0.1, -0.05) is 45.2 Å². The van der Waals surface area contributed by atoms with Crippen LogP contribution in [0.4, 0.5) is 0 Å². The fourth-order valence-electron chi connectivity index (χ4n) is 2.46. The van der Waals surface area contributed by atoms with Crippen LogP contribution in [0.15, 0.2) is 23.7 Å². The third-order valence-corrected chi connectivity index (χ3v) is 4.27. The maximum atomic E-state index is 4.53. The molecule has 0 bridgehead atoms. The van der Waals surface area contributed by atoms with Gasteiger partial charge in [0.05, 0.1) is 15.7 Å². The zero-order valence-corrected chi connectivity index (χ0v) is 11.6. The van der Waals surface area contributed by atoms with Gasteiger partial charge >= 0.3 is 0 Å². The molecule has 92 valence electrons. The van der Waals surface area contributed by atoms with Gasteiger partial charge in [-0.3, -0.25) is 0 Å². The maximum absolute atomic E-state index is 4.53. The van der Waals surface area contributed by atoms with Crippen LogP contribution in [-0.4, -0.2) is 4.98 Å². The monoisotopic (exact) mass is 247 g/mol. The maximum Gasteiger partial charge on any atom is 0.0846 e. The first kappa shape index (κ1) is 12.6. The van der Waals surface area contributed by atoms with E-state index in [4.69, 9.17) is 0 Å². The van der Waals surface area contributed by atoms with Crippen molar-refractivity contribution in [1.29, 1.82) is 0 Å². The van der Waals surface area contributed by atoms with E-state index in [-0.39, 0.29) is 0 Å².